The molecule has 2 nitrogen and oxygen atoms in total. The second-order valence-electron chi connectivity index (χ2n) is 6.87. The summed E-state index contributed by atoms with van der Waals surface area (Å²) >= 11 is 0. The Morgan fingerprint density at radius 2 is 1.94 bits per heavy atom. The SMILES string of the molecule is CN1Cc2cc(C(C)(C)C)cc3c2C(COC3)C1. The lowest BCUT2D eigenvalue weighted by Crippen LogP contribution is -2.36. The second-order valence-corrected chi connectivity index (χ2v) is 6.87. The maximum absolute atomic E-state index is 5.78. The summed E-state index contributed by atoms with van der Waals surface area (Å²) in [4.78, 5) is 2.41. The third-order valence-corrected chi connectivity index (χ3v) is 4.17. The zero-order chi connectivity index (χ0) is 12.9. The minimum absolute atomic E-state index is 0.217. The molecule has 2 heterocycles. The van der Waals surface area contributed by atoms with Gasteiger partial charge in [0, 0.05) is 19.0 Å². The quantitative estimate of drug-likeness (QED) is 0.696. The van der Waals surface area contributed by atoms with E-state index in [2.05, 4.69) is 44.9 Å². The monoisotopic (exact) mass is 245 g/mol. The van der Waals surface area contributed by atoms with Gasteiger partial charge in [0.25, 0.3) is 0 Å². The van der Waals surface area contributed by atoms with Crippen LogP contribution in [0.25, 0.3) is 0 Å². The molecule has 2 heteroatoms. The molecule has 0 aromatic heterocycles. The van der Waals surface area contributed by atoms with Crippen LogP contribution in [0, 0.1) is 0 Å². The molecule has 0 spiro atoms. The lowest BCUT2D eigenvalue weighted by molar-refractivity contribution is 0.0739. The molecule has 1 atom stereocenters. The van der Waals surface area contributed by atoms with E-state index in [1.165, 1.54) is 16.7 Å². The van der Waals surface area contributed by atoms with Gasteiger partial charge in [-0.05, 0) is 34.7 Å². The van der Waals surface area contributed by atoms with Crippen LogP contribution in [-0.2, 0) is 23.3 Å². The number of ether oxygens (including phenoxy) is 1. The molecule has 2 aliphatic rings. The van der Waals surface area contributed by atoms with Gasteiger partial charge in [0.15, 0.2) is 0 Å². The van der Waals surface area contributed by atoms with E-state index >= 15 is 0 Å². The lowest BCUT2D eigenvalue weighted by atomic mass is 9.79. The summed E-state index contributed by atoms with van der Waals surface area (Å²) in [5.41, 5.74) is 6.21. The molecule has 1 unspecified atom stereocenters. The molecule has 0 fully saturated rings. The third-order valence-electron chi connectivity index (χ3n) is 4.17. The molecule has 98 valence electrons. The number of benzene rings is 1. The molecule has 0 saturated carbocycles. The summed E-state index contributed by atoms with van der Waals surface area (Å²) in [7, 11) is 2.21. The van der Waals surface area contributed by atoms with Crippen LogP contribution < -0.4 is 0 Å². The minimum Gasteiger partial charge on any atom is -0.376 e. The fourth-order valence-corrected chi connectivity index (χ4v) is 3.26. The van der Waals surface area contributed by atoms with Crippen LogP contribution in [-0.4, -0.2) is 25.1 Å². The van der Waals surface area contributed by atoms with Gasteiger partial charge < -0.3 is 9.64 Å². The van der Waals surface area contributed by atoms with Crippen LogP contribution in [0.15, 0.2) is 12.1 Å². The standard InChI is InChI=1S/C16H23NO/c1-16(2,3)14-5-11-7-17(4)8-13-10-18-9-12(6-14)15(11)13/h5-6,13H,7-10H2,1-4H3. The minimum atomic E-state index is 0.217. The average molecular weight is 245 g/mol. The fourth-order valence-electron chi connectivity index (χ4n) is 3.26. The van der Waals surface area contributed by atoms with Gasteiger partial charge in [0.2, 0.25) is 0 Å². The molecule has 18 heavy (non-hydrogen) atoms. The molecule has 0 amide bonds. The predicted octanol–water partition coefficient (Wildman–Crippen LogP) is 3.04. The Balaban J connectivity index is 2.14. The molecule has 1 aromatic carbocycles. The first-order valence-corrected chi connectivity index (χ1v) is 6.87. The van der Waals surface area contributed by atoms with Crippen LogP contribution in [0.2, 0.25) is 0 Å². The molecule has 0 aliphatic carbocycles. The second kappa shape index (κ2) is 4.07. The predicted molar refractivity (Wildman–Crippen MR) is 73.9 cm³/mol. The summed E-state index contributed by atoms with van der Waals surface area (Å²) in [6.45, 7) is 10.8. The highest BCUT2D eigenvalue weighted by atomic mass is 16.5. The van der Waals surface area contributed by atoms with Gasteiger partial charge in [-0.15, -0.1) is 0 Å². The number of hydrogen-bond acceptors (Lipinski definition) is 2. The summed E-state index contributed by atoms with van der Waals surface area (Å²) in [5, 5.41) is 0. The van der Waals surface area contributed by atoms with E-state index in [4.69, 9.17) is 4.74 Å². The number of rotatable bonds is 0. The molecule has 2 aliphatic heterocycles. The number of hydrogen-bond donors (Lipinski definition) is 0. The highest BCUT2D eigenvalue weighted by Crippen LogP contribution is 2.37. The molecule has 0 bridgehead atoms. The molecular formula is C16H23NO. The van der Waals surface area contributed by atoms with Gasteiger partial charge >= 0.3 is 0 Å². The Morgan fingerprint density at radius 1 is 1.22 bits per heavy atom. The number of likely N-dealkylation sites (N-methyl/N-ethyl adjacent to an activating group) is 1. The molecule has 3 rings (SSSR count). The Bertz CT molecular complexity index is 473. The summed E-state index contributed by atoms with van der Waals surface area (Å²) in [5.74, 6) is 0.580. The summed E-state index contributed by atoms with van der Waals surface area (Å²) in [6, 6.07) is 4.79. The van der Waals surface area contributed by atoms with Gasteiger partial charge in [-0.1, -0.05) is 32.9 Å². The smallest absolute Gasteiger partial charge is 0.0720 e. The van der Waals surface area contributed by atoms with Crippen molar-refractivity contribution >= 4 is 0 Å². The van der Waals surface area contributed by atoms with E-state index in [1.807, 2.05) is 0 Å². The van der Waals surface area contributed by atoms with E-state index < -0.39 is 0 Å². The fraction of sp³-hybridized carbons (Fsp3) is 0.625. The first kappa shape index (κ1) is 12.2. The first-order valence-electron chi connectivity index (χ1n) is 6.87. The van der Waals surface area contributed by atoms with Crippen molar-refractivity contribution in [1.82, 2.24) is 4.90 Å². The van der Waals surface area contributed by atoms with Crippen molar-refractivity contribution < 1.29 is 4.74 Å². The number of nitrogens with zero attached hydrogens (tertiary/aromatic N) is 1. The summed E-state index contributed by atoms with van der Waals surface area (Å²) in [6.07, 6.45) is 0. The van der Waals surface area contributed by atoms with Crippen LogP contribution in [0.1, 0.15) is 48.9 Å². The zero-order valence-electron chi connectivity index (χ0n) is 11.9. The van der Waals surface area contributed by atoms with Crippen molar-refractivity contribution in [3.63, 3.8) is 0 Å². The van der Waals surface area contributed by atoms with E-state index in [0.29, 0.717) is 5.92 Å². The van der Waals surface area contributed by atoms with Gasteiger partial charge in [0.05, 0.1) is 13.2 Å². The van der Waals surface area contributed by atoms with Crippen LogP contribution in [0.4, 0.5) is 0 Å². The van der Waals surface area contributed by atoms with Crippen molar-refractivity contribution in [3.05, 3.63) is 34.4 Å². The third kappa shape index (κ3) is 1.98. The molecular weight excluding hydrogens is 222 g/mol. The van der Waals surface area contributed by atoms with Crippen molar-refractivity contribution in [2.24, 2.45) is 0 Å². The Hall–Kier alpha value is -0.860. The normalized spacial score (nSPS) is 23.9. The van der Waals surface area contributed by atoms with E-state index in [-0.39, 0.29) is 5.41 Å². The van der Waals surface area contributed by atoms with Gasteiger partial charge in [-0.2, -0.15) is 0 Å². The highest BCUT2D eigenvalue weighted by molar-refractivity contribution is 5.45. The van der Waals surface area contributed by atoms with Crippen molar-refractivity contribution in [1.29, 1.82) is 0 Å². The maximum atomic E-state index is 5.78. The zero-order valence-corrected chi connectivity index (χ0v) is 11.9. The van der Waals surface area contributed by atoms with Gasteiger partial charge in [-0.25, -0.2) is 0 Å². The average Bonchev–Trinajstić information content (AvgIpc) is 2.27. The van der Waals surface area contributed by atoms with E-state index in [9.17, 15) is 0 Å². The van der Waals surface area contributed by atoms with Crippen molar-refractivity contribution in [2.45, 2.75) is 45.3 Å². The lowest BCUT2D eigenvalue weighted by Gasteiger charge is -2.38. The van der Waals surface area contributed by atoms with E-state index in [0.717, 1.165) is 26.3 Å². The Kier molecular flexibility index (Phi) is 2.76. The van der Waals surface area contributed by atoms with Crippen molar-refractivity contribution in [3.8, 4) is 0 Å². The van der Waals surface area contributed by atoms with Gasteiger partial charge in [-0.3, -0.25) is 0 Å². The summed E-state index contributed by atoms with van der Waals surface area (Å²) < 4.78 is 5.78. The Labute approximate surface area is 110 Å². The topological polar surface area (TPSA) is 12.5 Å². The molecule has 1 aromatic rings. The largest absolute Gasteiger partial charge is 0.376 e. The maximum Gasteiger partial charge on any atom is 0.0720 e. The van der Waals surface area contributed by atoms with Crippen LogP contribution in [0.5, 0.6) is 0 Å². The Morgan fingerprint density at radius 3 is 2.67 bits per heavy atom. The van der Waals surface area contributed by atoms with Crippen LogP contribution in [0.3, 0.4) is 0 Å². The first-order chi connectivity index (χ1) is 8.45. The molecule has 0 saturated heterocycles. The van der Waals surface area contributed by atoms with E-state index in [1.54, 1.807) is 5.56 Å². The van der Waals surface area contributed by atoms with Crippen LogP contribution >= 0.6 is 0 Å². The molecule has 0 N–H and O–H groups in total. The van der Waals surface area contributed by atoms with Crippen molar-refractivity contribution in [2.75, 3.05) is 20.2 Å². The molecule has 0 radical (unpaired) electrons. The highest BCUT2D eigenvalue weighted by Gasteiger charge is 2.30. The van der Waals surface area contributed by atoms with Gasteiger partial charge in [0.1, 0.15) is 0 Å².